The molecule has 1 nitrogen and oxygen atoms in total. The summed E-state index contributed by atoms with van der Waals surface area (Å²) in [6.45, 7) is 8.36. The van der Waals surface area contributed by atoms with E-state index in [1.807, 2.05) is 13.0 Å². The predicted octanol–water partition coefficient (Wildman–Crippen LogP) is 3.38. The summed E-state index contributed by atoms with van der Waals surface area (Å²) in [4.78, 5) is 12.7. The molecule has 0 aliphatic rings. The molecule has 2 rings (SSSR count). The Labute approximate surface area is 124 Å². The van der Waals surface area contributed by atoms with Crippen LogP contribution in [0.15, 0.2) is 16.9 Å². The SMILES string of the molecule is C/C=c1/c(=O)c2cc(CC)cc(CC)c2s/c1=C/CC. The molecule has 0 radical (unpaired) electrons. The normalized spacial score (nSPS) is 13.4. The van der Waals surface area contributed by atoms with E-state index in [9.17, 15) is 4.79 Å². The van der Waals surface area contributed by atoms with Gasteiger partial charge in [-0.2, -0.15) is 0 Å². The molecule has 0 aliphatic carbocycles. The Morgan fingerprint density at radius 3 is 2.45 bits per heavy atom. The monoisotopic (exact) mass is 286 g/mol. The molecule has 0 spiro atoms. The van der Waals surface area contributed by atoms with Crippen LogP contribution in [0, 0.1) is 0 Å². The van der Waals surface area contributed by atoms with Crippen molar-refractivity contribution in [1.82, 2.24) is 0 Å². The number of benzene rings is 1. The molecule has 0 N–H and O–H groups in total. The average Bonchev–Trinajstić information content (AvgIpc) is 2.47. The lowest BCUT2D eigenvalue weighted by molar-refractivity contribution is 1.10. The van der Waals surface area contributed by atoms with Crippen LogP contribution in [-0.2, 0) is 12.8 Å². The lowest BCUT2D eigenvalue weighted by Crippen LogP contribution is -2.37. The molecule has 2 aromatic rings. The maximum absolute atomic E-state index is 12.7. The van der Waals surface area contributed by atoms with Crippen molar-refractivity contribution in [2.45, 2.75) is 47.0 Å². The molecule has 0 saturated heterocycles. The van der Waals surface area contributed by atoms with Crippen molar-refractivity contribution in [3.63, 3.8) is 0 Å². The van der Waals surface area contributed by atoms with Gasteiger partial charge in [0.25, 0.3) is 0 Å². The van der Waals surface area contributed by atoms with Crippen molar-refractivity contribution in [3.8, 4) is 0 Å². The van der Waals surface area contributed by atoms with Crippen LogP contribution in [-0.4, -0.2) is 0 Å². The highest BCUT2D eigenvalue weighted by Gasteiger charge is 2.08. The third-order valence-corrected chi connectivity index (χ3v) is 4.95. The fourth-order valence-electron chi connectivity index (χ4n) is 2.54. The van der Waals surface area contributed by atoms with Crippen LogP contribution in [0.5, 0.6) is 0 Å². The fraction of sp³-hybridized carbons (Fsp3) is 0.389. The Kier molecular flexibility index (Phi) is 4.77. The van der Waals surface area contributed by atoms with E-state index in [-0.39, 0.29) is 5.43 Å². The van der Waals surface area contributed by atoms with E-state index in [1.54, 1.807) is 11.3 Å². The zero-order valence-electron chi connectivity index (χ0n) is 12.7. The van der Waals surface area contributed by atoms with E-state index in [0.29, 0.717) is 0 Å². The van der Waals surface area contributed by atoms with Crippen LogP contribution in [0.4, 0.5) is 0 Å². The maximum Gasteiger partial charge on any atom is 0.195 e. The largest absolute Gasteiger partial charge is 0.289 e. The van der Waals surface area contributed by atoms with Gasteiger partial charge in [0, 0.05) is 19.8 Å². The zero-order chi connectivity index (χ0) is 14.7. The van der Waals surface area contributed by atoms with Crippen molar-refractivity contribution in [3.05, 3.63) is 43.2 Å². The van der Waals surface area contributed by atoms with Crippen LogP contribution in [0.3, 0.4) is 0 Å². The van der Waals surface area contributed by atoms with Gasteiger partial charge in [-0.3, -0.25) is 4.79 Å². The van der Waals surface area contributed by atoms with E-state index < -0.39 is 0 Å². The standard InChI is InChI=1S/C18H22OS/c1-5-9-16-14(8-4)17(19)15-11-12(6-2)10-13(7-3)18(15)20-16/h8-11H,5-7H2,1-4H3/b14-8+,16-9+. The van der Waals surface area contributed by atoms with Crippen LogP contribution in [0.25, 0.3) is 22.2 Å². The quantitative estimate of drug-likeness (QED) is 0.845. The molecule has 1 heterocycles. The van der Waals surface area contributed by atoms with Crippen molar-refractivity contribution in [2.24, 2.45) is 0 Å². The van der Waals surface area contributed by atoms with E-state index in [0.717, 1.165) is 34.4 Å². The Balaban J connectivity index is 3.05. The predicted molar refractivity (Wildman–Crippen MR) is 91.0 cm³/mol. The summed E-state index contributed by atoms with van der Waals surface area (Å²) in [7, 11) is 0. The summed E-state index contributed by atoms with van der Waals surface area (Å²) >= 11 is 1.76. The second-order valence-corrected chi connectivity index (χ2v) is 6.00. The average molecular weight is 286 g/mol. The van der Waals surface area contributed by atoms with E-state index in [1.165, 1.54) is 15.8 Å². The summed E-state index contributed by atoms with van der Waals surface area (Å²) in [5, 5.41) is 1.76. The molecule has 20 heavy (non-hydrogen) atoms. The van der Waals surface area contributed by atoms with Crippen LogP contribution >= 0.6 is 11.3 Å². The molecule has 106 valence electrons. The van der Waals surface area contributed by atoms with Crippen LogP contribution in [0.2, 0.25) is 0 Å². The molecule has 0 bridgehead atoms. The second-order valence-electron chi connectivity index (χ2n) is 4.95. The van der Waals surface area contributed by atoms with Crippen LogP contribution in [0.1, 0.15) is 45.2 Å². The summed E-state index contributed by atoms with van der Waals surface area (Å²) in [6.07, 6.45) is 7.01. The van der Waals surface area contributed by atoms with Crippen molar-refractivity contribution in [1.29, 1.82) is 0 Å². The Morgan fingerprint density at radius 1 is 1.15 bits per heavy atom. The van der Waals surface area contributed by atoms with Gasteiger partial charge in [-0.15, -0.1) is 11.3 Å². The summed E-state index contributed by atoms with van der Waals surface area (Å²) in [6, 6.07) is 4.33. The van der Waals surface area contributed by atoms with Gasteiger partial charge < -0.3 is 0 Å². The van der Waals surface area contributed by atoms with Gasteiger partial charge in [-0.05, 0) is 43.4 Å². The third-order valence-electron chi connectivity index (χ3n) is 3.66. The van der Waals surface area contributed by atoms with Crippen LogP contribution < -0.4 is 15.2 Å². The highest BCUT2D eigenvalue weighted by Crippen LogP contribution is 2.21. The first-order valence-electron chi connectivity index (χ1n) is 7.41. The van der Waals surface area contributed by atoms with Crippen molar-refractivity contribution < 1.29 is 0 Å². The van der Waals surface area contributed by atoms with Gasteiger partial charge in [-0.25, -0.2) is 0 Å². The van der Waals surface area contributed by atoms with Gasteiger partial charge in [-0.1, -0.05) is 39.0 Å². The minimum absolute atomic E-state index is 0.186. The molecule has 0 unspecified atom stereocenters. The lowest BCUT2D eigenvalue weighted by atomic mass is 10.0. The smallest absolute Gasteiger partial charge is 0.195 e. The third kappa shape index (κ3) is 2.57. The first-order valence-corrected chi connectivity index (χ1v) is 8.22. The van der Waals surface area contributed by atoms with Crippen molar-refractivity contribution in [2.75, 3.05) is 0 Å². The van der Waals surface area contributed by atoms with Gasteiger partial charge in [0.05, 0.1) is 0 Å². The van der Waals surface area contributed by atoms with Gasteiger partial charge in [0.15, 0.2) is 5.43 Å². The molecule has 0 amide bonds. The molecule has 0 saturated carbocycles. The fourth-order valence-corrected chi connectivity index (χ4v) is 3.93. The summed E-state index contributed by atoms with van der Waals surface area (Å²) < 4.78 is 2.28. The van der Waals surface area contributed by atoms with E-state index in [2.05, 4.69) is 39.0 Å². The van der Waals surface area contributed by atoms with Gasteiger partial charge in [0.1, 0.15) is 0 Å². The number of rotatable bonds is 3. The zero-order valence-corrected chi connectivity index (χ0v) is 13.6. The first kappa shape index (κ1) is 15.0. The molecular formula is C18H22OS. The van der Waals surface area contributed by atoms with E-state index >= 15 is 0 Å². The highest BCUT2D eigenvalue weighted by molar-refractivity contribution is 7.16. The summed E-state index contributed by atoms with van der Waals surface area (Å²) in [5.74, 6) is 0. The number of hydrogen-bond acceptors (Lipinski definition) is 2. The molecule has 0 aliphatic heterocycles. The molecule has 0 fully saturated rings. The van der Waals surface area contributed by atoms with E-state index in [4.69, 9.17) is 0 Å². The maximum atomic E-state index is 12.7. The Hall–Kier alpha value is -1.41. The number of hydrogen-bond donors (Lipinski definition) is 0. The second kappa shape index (κ2) is 6.36. The number of fused-ring (bicyclic) bond motifs is 1. The molecule has 1 aromatic heterocycles. The summed E-state index contributed by atoms with van der Waals surface area (Å²) in [5.41, 5.74) is 2.74. The molecule has 1 aromatic carbocycles. The lowest BCUT2D eigenvalue weighted by Gasteiger charge is -2.07. The highest BCUT2D eigenvalue weighted by atomic mass is 32.1. The Bertz CT molecular complexity index is 797. The topological polar surface area (TPSA) is 17.1 Å². The minimum Gasteiger partial charge on any atom is -0.289 e. The van der Waals surface area contributed by atoms with Gasteiger partial charge in [0.2, 0.25) is 0 Å². The first-order chi connectivity index (χ1) is 9.65. The van der Waals surface area contributed by atoms with Crippen molar-refractivity contribution >= 4 is 33.6 Å². The number of aryl methyl sites for hydroxylation is 2. The molecule has 0 atom stereocenters. The van der Waals surface area contributed by atoms with Gasteiger partial charge >= 0.3 is 0 Å². The molecule has 2 heteroatoms. The molecular weight excluding hydrogens is 264 g/mol. The Morgan fingerprint density at radius 2 is 1.90 bits per heavy atom. The minimum atomic E-state index is 0.186.